The van der Waals surface area contributed by atoms with Crippen LogP contribution in [0.2, 0.25) is 0 Å². The lowest BCUT2D eigenvalue weighted by atomic mass is 10.0. The number of hydrogen-bond acceptors (Lipinski definition) is 3. The summed E-state index contributed by atoms with van der Waals surface area (Å²) in [6, 6.07) is 7.46. The van der Waals surface area contributed by atoms with Gasteiger partial charge in [0, 0.05) is 0 Å². The van der Waals surface area contributed by atoms with Crippen molar-refractivity contribution in [2.24, 2.45) is 0 Å². The molecule has 1 N–H and O–H groups in total. The zero-order valence-corrected chi connectivity index (χ0v) is 11.7. The van der Waals surface area contributed by atoms with Gasteiger partial charge in [-0.15, -0.1) is 0 Å². The van der Waals surface area contributed by atoms with E-state index < -0.39 is 15.3 Å². The van der Waals surface area contributed by atoms with E-state index in [1.165, 1.54) is 6.92 Å². The normalized spacial score (nSPS) is 12.8. The summed E-state index contributed by atoms with van der Waals surface area (Å²) in [7, 11) is -3.64. The molecule has 1 rings (SSSR count). The zero-order chi connectivity index (χ0) is 13.8. The van der Waals surface area contributed by atoms with Gasteiger partial charge in [-0.05, 0) is 30.9 Å². The minimum absolute atomic E-state index is 0.629. The zero-order valence-electron chi connectivity index (χ0n) is 10.9. The van der Waals surface area contributed by atoms with E-state index in [9.17, 15) is 8.42 Å². The molecule has 0 saturated heterocycles. The number of aryl methyl sites for hydroxylation is 2. The van der Waals surface area contributed by atoms with E-state index in [0.29, 0.717) is 5.69 Å². The van der Waals surface area contributed by atoms with Crippen LogP contribution in [0, 0.1) is 11.3 Å². The van der Waals surface area contributed by atoms with Gasteiger partial charge in [-0.1, -0.05) is 32.0 Å². The Morgan fingerprint density at radius 3 is 2.17 bits per heavy atom. The monoisotopic (exact) mass is 266 g/mol. The second kappa shape index (κ2) is 5.87. The average molecular weight is 266 g/mol. The summed E-state index contributed by atoms with van der Waals surface area (Å²) in [6.07, 6.45) is 1.49. The molecule has 0 heterocycles. The Morgan fingerprint density at radius 1 is 1.28 bits per heavy atom. The fourth-order valence-corrected chi connectivity index (χ4v) is 2.54. The Labute approximate surface area is 109 Å². The molecule has 0 aliphatic heterocycles. The van der Waals surface area contributed by atoms with Crippen molar-refractivity contribution in [3.63, 3.8) is 0 Å². The minimum Gasteiger partial charge on any atom is -0.282 e. The summed E-state index contributed by atoms with van der Waals surface area (Å²) < 4.78 is 26.4. The van der Waals surface area contributed by atoms with Crippen LogP contribution in [0.3, 0.4) is 0 Å². The van der Waals surface area contributed by atoms with Gasteiger partial charge in [0.05, 0.1) is 11.8 Å². The van der Waals surface area contributed by atoms with E-state index in [1.54, 1.807) is 6.07 Å². The highest BCUT2D eigenvalue weighted by Crippen LogP contribution is 2.24. The third-order valence-corrected chi connectivity index (χ3v) is 4.42. The molecule has 0 saturated carbocycles. The third-order valence-electron chi connectivity index (χ3n) is 2.89. The van der Waals surface area contributed by atoms with Gasteiger partial charge >= 0.3 is 0 Å². The van der Waals surface area contributed by atoms with Gasteiger partial charge < -0.3 is 0 Å². The van der Waals surface area contributed by atoms with Crippen molar-refractivity contribution >= 4 is 15.7 Å². The summed E-state index contributed by atoms with van der Waals surface area (Å²) in [5.74, 6) is 0. The molecule has 1 aromatic carbocycles. The van der Waals surface area contributed by atoms with Gasteiger partial charge in [0.2, 0.25) is 10.0 Å². The second-order valence-electron chi connectivity index (χ2n) is 4.08. The van der Waals surface area contributed by atoms with Crippen molar-refractivity contribution < 1.29 is 8.42 Å². The Morgan fingerprint density at radius 2 is 1.78 bits per heavy atom. The fourth-order valence-electron chi connectivity index (χ4n) is 1.67. The smallest absolute Gasteiger partial charge is 0.248 e. The molecule has 98 valence electrons. The standard InChI is InChI=1S/C13H18N2O2S/c1-4-11-7-6-8-12(5-2)13(11)15-18(16,17)10(3)9-14/h6-8,10,15H,4-5H2,1-3H3. The first-order valence-corrected chi connectivity index (χ1v) is 7.52. The molecule has 0 radical (unpaired) electrons. The van der Waals surface area contributed by atoms with Gasteiger partial charge in [0.25, 0.3) is 0 Å². The molecule has 0 aliphatic carbocycles. The van der Waals surface area contributed by atoms with Crippen LogP contribution in [0.4, 0.5) is 5.69 Å². The Balaban J connectivity index is 3.23. The molecule has 0 spiro atoms. The number of nitrogens with one attached hydrogen (secondary N) is 1. The quantitative estimate of drug-likeness (QED) is 0.890. The minimum atomic E-state index is -3.64. The fraction of sp³-hybridized carbons (Fsp3) is 0.462. The van der Waals surface area contributed by atoms with Crippen LogP contribution < -0.4 is 4.72 Å². The molecule has 1 unspecified atom stereocenters. The Kier molecular flexibility index (Phi) is 4.74. The first-order chi connectivity index (χ1) is 8.46. The maximum Gasteiger partial charge on any atom is 0.248 e. The van der Waals surface area contributed by atoms with Crippen molar-refractivity contribution in [2.75, 3.05) is 4.72 Å². The number of sulfonamides is 1. The topological polar surface area (TPSA) is 70.0 Å². The van der Waals surface area contributed by atoms with Crippen LogP contribution in [0.25, 0.3) is 0 Å². The largest absolute Gasteiger partial charge is 0.282 e. The first kappa shape index (κ1) is 14.5. The highest BCUT2D eigenvalue weighted by Gasteiger charge is 2.22. The first-order valence-electron chi connectivity index (χ1n) is 5.98. The molecular formula is C13H18N2O2S. The second-order valence-corrected chi connectivity index (χ2v) is 6.08. The van der Waals surface area contributed by atoms with Crippen molar-refractivity contribution in [2.45, 2.75) is 38.9 Å². The molecule has 0 bridgehead atoms. The SMILES string of the molecule is CCc1cccc(CC)c1NS(=O)(=O)C(C)C#N. The van der Waals surface area contributed by atoms with Crippen LogP contribution in [-0.2, 0) is 22.9 Å². The van der Waals surface area contributed by atoms with Crippen molar-refractivity contribution in [1.29, 1.82) is 5.26 Å². The number of rotatable bonds is 5. The molecule has 5 heteroatoms. The summed E-state index contributed by atoms with van der Waals surface area (Å²) in [5, 5.41) is 7.67. The number of anilines is 1. The third kappa shape index (κ3) is 3.02. The van der Waals surface area contributed by atoms with E-state index in [4.69, 9.17) is 5.26 Å². The maximum absolute atomic E-state index is 11.9. The predicted octanol–water partition coefficient (Wildman–Crippen LogP) is 2.47. The summed E-state index contributed by atoms with van der Waals surface area (Å²) in [6.45, 7) is 5.32. The van der Waals surface area contributed by atoms with E-state index in [1.807, 2.05) is 32.0 Å². The summed E-state index contributed by atoms with van der Waals surface area (Å²) in [4.78, 5) is 0. The highest BCUT2D eigenvalue weighted by atomic mass is 32.2. The number of nitrogens with zero attached hydrogens (tertiary/aromatic N) is 1. The molecule has 18 heavy (non-hydrogen) atoms. The van der Waals surface area contributed by atoms with Gasteiger partial charge in [-0.25, -0.2) is 8.42 Å². The molecule has 0 aromatic heterocycles. The van der Waals surface area contributed by atoms with Crippen LogP contribution in [0.1, 0.15) is 31.9 Å². The molecule has 0 aliphatic rings. The molecule has 1 atom stereocenters. The van der Waals surface area contributed by atoms with Gasteiger partial charge in [0.1, 0.15) is 0 Å². The number of hydrogen-bond donors (Lipinski definition) is 1. The summed E-state index contributed by atoms with van der Waals surface area (Å²) in [5.41, 5.74) is 2.52. The highest BCUT2D eigenvalue weighted by molar-refractivity contribution is 7.93. The number of para-hydroxylation sites is 1. The molecular weight excluding hydrogens is 248 g/mol. The van der Waals surface area contributed by atoms with Crippen LogP contribution in [0.5, 0.6) is 0 Å². The molecule has 1 aromatic rings. The molecule has 0 fully saturated rings. The van der Waals surface area contributed by atoms with Gasteiger partial charge in [-0.2, -0.15) is 5.26 Å². The predicted molar refractivity (Wildman–Crippen MR) is 72.8 cm³/mol. The van der Waals surface area contributed by atoms with Crippen molar-refractivity contribution in [3.8, 4) is 6.07 Å². The Bertz CT molecular complexity index is 537. The van der Waals surface area contributed by atoms with Gasteiger partial charge in [-0.3, -0.25) is 4.72 Å². The van der Waals surface area contributed by atoms with Crippen LogP contribution >= 0.6 is 0 Å². The van der Waals surface area contributed by atoms with Gasteiger partial charge in [0.15, 0.2) is 5.25 Å². The lowest BCUT2D eigenvalue weighted by molar-refractivity contribution is 0.597. The van der Waals surface area contributed by atoms with E-state index in [0.717, 1.165) is 24.0 Å². The van der Waals surface area contributed by atoms with E-state index in [-0.39, 0.29) is 0 Å². The molecule has 4 nitrogen and oxygen atoms in total. The summed E-state index contributed by atoms with van der Waals surface area (Å²) >= 11 is 0. The maximum atomic E-state index is 11.9. The van der Waals surface area contributed by atoms with Crippen molar-refractivity contribution in [1.82, 2.24) is 0 Å². The molecule has 0 amide bonds. The number of nitriles is 1. The average Bonchev–Trinajstić information content (AvgIpc) is 2.37. The lowest BCUT2D eigenvalue weighted by Gasteiger charge is -2.16. The Hall–Kier alpha value is -1.54. The van der Waals surface area contributed by atoms with Crippen molar-refractivity contribution in [3.05, 3.63) is 29.3 Å². The number of benzene rings is 1. The van der Waals surface area contributed by atoms with E-state index >= 15 is 0 Å². The lowest BCUT2D eigenvalue weighted by Crippen LogP contribution is -2.25. The van der Waals surface area contributed by atoms with Crippen LogP contribution in [-0.4, -0.2) is 13.7 Å². The van der Waals surface area contributed by atoms with Crippen LogP contribution in [0.15, 0.2) is 18.2 Å². The van der Waals surface area contributed by atoms with E-state index in [2.05, 4.69) is 4.72 Å².